The molecule has 2 rings (SSSR count). The Hall–Kier alpha value is -2.77. The molecule has 1 amide bonds. The first-order valence-corrected chi connectivity index (χ1v) is 6.22. The Labute approximate surface area is 121 Å². The van der Waals surface area contributed by atoms with Gasteiger partial charge in [0.1, 0.15) is 12.9 Å². The maximum absolute atomic E-state index is 12.0. The zero-order chi connectivity index (χ0) is 15.2. The van der Waals surface area contributed by atoms with E-state index in [1.807, 2.05) is 0 Å². The Morgan fingerprint density at radius 1 is 1.29 bits per heavy atom. The van der Waals surface area contributed by atoms with Crippen LogP contribution in [0.2, 0.25) is 0 Å². The summed E-state index contributed by atoms with van der Waals surface area (Å²) in [5.74, 6) is -0.496. The highest BCUT2D eigenvalue weighted by Gasteiger charge is 2.11. The van der Waals surface area contributed by atoms with E-state index < -0.39 is 0 Å². The lowest BCUT2D eigenvalue weighted by molar-refractivity contribution is -0.131. The van der Waals surface area contributed by atoms with Crippen molar-refractivity contribution in [1.82, 2.24) is 25.1 Å². The molecule has 0 bridgehead atoms. The Kier molecular flexibility index (Phi) is 4.60. The van der Waals surface area contributed by atoms with Gasteiger partial charge in [-0.1, -0.05) is 12.1 Å². The average Bonchev–Trinajstić information content (AvgIpc) is 3.00. The second kappa shape index (κ2) is 6.60. The smallest absolute Gasteiger partial charge is 0.337 e. The van der Waals surface area contributed by atoms with Gasteiger partial charge in [0.05, 0.1) is 12.7 Å². The molecule has 0 saturated heterocycles. The van der Waals surface area contributed by atoms with Gasteiger partial charge in [0, 0.05) is 13.6 Å². The number of esters is 1. The van der Waals surface area contributed by atoms with E-state index in [1.165, 1.54) is 18.1 Å². The van der Waals surface area contributed by atoms with Crippen LogP contribution in [0.5, 0.6) is 0 Å². The average molecular weight is 289 g/mol. The van der Waals surface area contributed by atoms with Gasteiger partial charge in [0.15, 0.2) is 0 Å². The van der Waals surface area contributed by atoms with Crippen molar-refractivity contribution in [1.29, 1.82) is 0 Å². The first kappa shape index (κ1) is 14.6. The number of aromatic nitrogens is 4. The summed E-state index contributed by atoms with van der Waals surface area (Å²) in [6, 6.07) is 6.90. The van der Waals surface area contributed by atoms with Gasteiger partial charge in [-0.05, 0) is 28.1 Å². The molecule has 8 nitrogen and oxygen atoms in total. The number of carbonyl (C=O) groups is 2. The molecular formula is C13H15N5O3. The van der Waals surface area contributed by atoms with Crippen LogP contribution in [0.15, 0.2) is 30.6 Å². The predicted molar refractivity (Wildman–Crippen MR) is 72.1 cm³/mol. The summed E-state index contributed by atoms with van der Waals surface area (Å²) in [5, 5.41) is 10.6. The fourth-order valence-corrected chi connectivity index (χ4v) is 1.74. The lowest BCUT2D eigenvalue weighted by Gasteiger charge is -2.17. The molecule has 0 aliphatic heterocycles. The van der Waals surface area contributed by atoms with E-state index in [4.69, 9.17) is 0 Å². The number of rotatable bonds is 5. The highest BCUT2D eigenvalue weighted by Crippen LogP contribution is 2.08. The fourth-order valence-electron chi connectivity index (χ4n) is 1.74. The minimum absolute atomic E-state index is 0.0870. The van der Waals surface area contributed by atoms with Gasteiger partial charge in [0.2, 0.25) is 5.91 Å². The summed E-state index contributed by atoms with van der Waals surface area (Å²) >= 11 is 0. The SMILES string of the molecule is COC(=O)c1ccc(CN(C)C(=O)Cn2cnnn2)cc1. The van der Waals surface area contributed by atoms with Crippen molar-refractivity contribution >= 4 is 11.9 Å². The van der Waals surface area contributed by atoms with Crippen LogP contribution < -0.4 is 0 Å². The third-order valence-electron chi connectivity index (χ3n) is 2.91. The number of amides is 1. The first-order chi connectivity index (χ1) is 10.1. The van der Waals surface area contributed by atoms with Crippen LogP contribution >= 0.6 is 0 Å². The lowest BCUT2D eigenvalue weighted by Crippen LogP contribution is -2.30. The summed E-state index contributed by atoms with van der Waals surface area (Å²) in [5.41, 5.74) is 1.39. The van der Waals surface area contributed by atoms with Crippen LogP contribution in [0.25, 0.3) is 0 Å². The number of hydrogen-bond donors (Lipinski definition) is 0. The summed E-state index contributed by atoms with van der Waals surface area (Å²) in [6.07, 6.45) is 1.39. The molecular weight excluding hydrogens is 274 g/mol. The van der Waals surface area contributed by atoms with Crippen molar-refractivity contribution in [2.24, 2.45) is 0 Å². The molecule has 0 fully saturated rings. The third kappa shape index (κ3) is 3.85. The van der Waals surface area contributed by atoms with Crippen LogP contribution in [0.1, 0.15) is 15.9 Å². The topological polar surface area (TPSA) is 90.2 Å². The Morgan fingerprint density at radius 3 is 2.57 bits per heavy atom. The molecule has 0 saturated carbocycles. The molecule has 0 N–H and O–H groups in total. The van der Waals surface area contributed by atoms with Gasteiger partial charge in [-0.3, -0.25) is 4.79 Å². The molecule has 1 heterocycles. The zero-order valence-corrected chi connectivity index (χ0v) is 11.8. The Morgan fingerprint density at radius 2 is 2.00 bits per heavy atom. The van der Waals surface area contributed by atoms with Crippen molar-refractivity contribution in [3.05, 3.63) is 41.7 Å². The van der Waals surface area contributed by atoms with Crippen LogP contribution in [-0.2, 0) is 22.6 Å². The fraction of sp³-hybridized carbons (Fsp3) is 0.308. The first-order valence-electron chi connectivity index (χ1n) is 6.22. The molecule has 21 heavy (non-hydrogen) atoms. The van der Waals surface area contributed by atoms with Gasteiger partial charge in [0.25, 0.3) is 0 Å². The van der Waals surface area contributed by atoms with Crippen molar-refractivity contribution < 1.29 is 14.3 Å². The van der Waals surface area contributed by atoms with E-state index >= 15 is 0 Å². The van der Waals surface area contributed by atoms with Crippen LogP contribution in [0.4, 0.5) is 0 Å². The second-order valence-corrected chi connectivity index (χ2v) is 4.45. The number of hydrogen-bond acceptors (Lipinski definition) is 6. The molecule has 110 valence electrons. The Bertz CT molecular complexity index is 609. The quantitative estimate of drug-likeness (QED) is 0.726. The standard InChI is InChI=1S/C13H15N5O3/c1-17(12(19)8-18-9-14-15-16-18)7-10-3-5-11(6-4-10)13(20)21-2/h3-6,9H,7-8H2,1-2H3. The third-order valence-corrected chi connectivity index (χ3v) is 2.91. The number of methoxy groups -OCH3 is 1. The number of nitrogens with zero attached hydrogens (tertiary/aromatic N) is 5. The van der Waals surface area contributed by atoms with Gasteiger partial charge < -0.3 is 9.64 Å². The van der Waals surface area contributed by atoms with Gasteiger partial charge in [-0.2, -0.15) is 0 Å². The number of likely N-dealkylation sites (N-methyl/N-ethyl adjacent to an activating group) is 1. The number of tetrazole rings is 1. The lowest BCUT2D eigenvalue weighted by atomic mass is 10.1. The second-order valence-electron chi connectivity index (χ2n) is 4.45. The summed E-state index contributed by atoms with van der Waals surface area (Å²) in [7, 11) is 3.03. The van der Waals surface area contributed by atoms with E-state index in [1.54, 1.807) is 36.2 Å². The molecule has 0 aliphatic rings. The number of benzene rings is 1. The molecule has 1 aromatic heterocycles. The van der Waals surface area contributed by atoms with Crippen molar-refractivity contribution in [3.63, 3.8) is 0 Å². The molecule has 0 spiro atoms. The number of ether oxygens (including phenoxy) is 1. The molecule has 0 aliphatic carbocycles. The zero-order valence-electron chi connectivity index (χ0n) is 11.8. The van der Waals surface area contributed by atoms with Crippen LogP contribution in [0, 0.1) is 0 Å². The molecule has 8 heteroatoms. The van der Waals surface area contributed by atoms with Gasteiger partial charge >= 0.3 is 5.97 Å². The van der Waals surface area contributed by atoms with Crippen LogP contribution in [-0.4, -0.2) is 51.1 Å². The normalized spacial score (nSPS) is 10.2. The van der Waals surface area contributed by atoms with E-state index in [0.717, 1.165) is 5.56 Å². The van der Waals surface area contributed by atoms with Crippen molar-refractivity contribution in [2.75, 3.05) is 14.2 Å². The molecule has 0 radical (unpaired) electrons. The minimum atomic E-state index is -0.385. The van der Waals surface area contributed by atoms with E-state index in [0.29, 0.717) is 12.1 Å². The Balaban J connectivity index is 1.94. The monoisotopic (exact) mass is 289 g/mol. The minimum Gasteiger partial charge on any atom is -0.465 e. The number of carbonyl (C=O) groups excluding carboxylic acids is 2. The van der Waals surface area contributed by atoms with Crippen LogP contribution in [0.3, 0.4) is 0 Å². The van der Waals surface area contributed by atoms with E-state index in [-0.39, 0.29) is 18.4 Å². The molecule has 0 atom stereocenters. The van der Waals surface area contributed by atoms with Crippen molar-refractivity contribution in [3.8, 4) is 0 Å². The predicted octanol–water partition coefficient (Wildman–Crippen LogP) is 0.118. The van der Waals surface area contributed by atoms with Crippen molar-refractivity contribution in [2.45, 2.75) is 13.1 Å². The summed E-state index contributed by atoms with van der Waals surface area (Å²) in [6.45, 7) is 0.520. The summed E-state index contributed by atoms with van der Waals surface area (Å²) < 4.78 is 5.99. The highest BCUT2D eigenvalue weighted by atomic mass is 16.5. The molecule has 0 unspecified atom stereocenters. The van der Waals surface area contributed by atoms with Gasteiger partial charge in [-0.15, -0.1) is 5.10 Å². The van der Waals surface area contributed by atoms with E-state index in [2.05, 4.69) is 20.3 Å². The molecule has 1 aromatic carbocycles. The largest absolute Gasteiger partial charge is 0.465 e. The maximum atomic E-state index is 12.0. The molecule has 2 aromatic rings. The summed E-state index contributed by atoms with van der Waals surface area (Å²) in [4.78, 5) is 24.9. The van der Waals surface area contributed by atoms with E-state index in [9.17, 15) is 9.59 Å². The highest BCUT2D eigenvalue weighted by molar-refractivity contribution is 5.89. The maximum Gasteiger partial charge on any atom is 0.337 e. The van der Waals surface area contributed by atoms with Gasteiger partial charge in [-0.25, -0.2) is 9.48 Å².